The van der Waals surface area contributed by atoms with Crippen molar-refractivity contribution in [2.45, 2.75) is 26.8 Å². The van der Waals surface area contributed by atoms with Crippen LogP contribution in [0.5, 0.6) is 5.75 Å². The third-order valence-electron chi connectivity index (χ3n) is 3.50. The summed E-state index contributed by atoms with van der Waals surface area (Å²) in [5.74, 6) is 0.657. The van der Waals surface area contributed by atoms with E-state index >= 15 is 0 Å². The Morgan fingerprint density at radius 3 is 2.48 bits per heavy atom. The van der Waals surface area contributed by atoms with Gasteiger partial charge in [-0.25, -0.2) is 9.98 Å². The number of benzene rings is 1. The molecular formula is C18H26IN5O2S. The molecule has 2 rings (SSSR count). The van der Waals surface area contributed by atoms with Gasteiger partial charge in [-0.1, -0.05) is 6.92 Å². The lowest BCUT2D eigenvalue weighted by atomic mass is 10.2. The summed E-state index contributed by atoms with van der Waals surface area (Å²) in [6.07, 6.45) is 2.88. The molecule has 7 nitrogen and oxygen atoms in total. The summed E-state index contributed by atoms with van der Waals surface area (Å²) in [6.45, 7) is 6.40. The van der Waals surface area contributed by atoms with Crippen molar-refractivity contribution in [1.82, 2.24) is 20.9 Å². The van der Waals surface area contributed by atoms with Crippen LogP contribution in [0.4, 0.5) is 0 Å². The van der Waals surface area contributed by atoms with E-state index in [0.717, 1.165) is 18.0 Å². The van der Waals surface area contributed by atoms with E-state index in [1.807, 2.05) is 13.1 Å². The van der Waals surface area contributed by atoms with Gasteiger partial charge in [-0.2, -0.15) is 0 Å². The molecular weight excluding hydrogens is 477 g/mol. The van der Waals surface area contributed by atoms with Gasteiger partial charge in [0.2, 0.25) is 0 Å². The Hall–Kier alpha value is -1.88. The maximum Gasteiger partial charge on any atom is 0.251 e. The fraction of sp³-hybridized carbons (Fsp3) is 0.389. The van der Waals surface area contributed by atoms with E-state index in [4.69, 9.17) is 0 Å². The van der Waals surface area contributed by atoms with E-state index in [1.165, 1.54) is 17.0 Å². The fourth-order valence-electron chi connectivity index (χ4n) is 2.14. The van der Waals surface area contributed by atoms with E-state index < -0.39 is 0 Å². The lowest BCUT2D eigenvalue weighted by Gasteiger charge is -2.11. The molecule has 0 aliphatic rings. The highest BCUT2D eigenvalue weighted by molar-refractivity contribution is 14.0. The Labute approximate surface area is 180 Å². The van der Waals surface area contributed by atoms with Gasteiger partial charge in [-0.3, -0.25) is 4.79 Å². The molecule has 1 aromatic heterocycles. The number of aromatic hydroxyl groups is 1. The van der Waals surface area contributed by atoms with Gasteiger partial charge in [-0.05, 0) is 37.6 Å². The average Bonchev–Trinajstić information content (AvgIpc) is 3.11. The molecule has 9 heteroatoms. The number of aryl methyl sites for hydroxylation is 1. The topological polar surface area (TPSA) is 98.6 Å². The number of nitrogens with zero attached hydrogens (tertiary/aromatic N) is 2. The zero-order chi connectivity index (χ0) is 18.8. The number of nitrogens with one attached hydrogen (secondary N) is 3. The van der Waals surface area contributed by atoms with Gasteiger partial charge < -0.3 is 21.1 Å². The molecule has 148 valence electrons. The smallest absolute Gasteiger partial charge is 0.251 e. The second kappa shape index (κ2) is 12.5. The van der Waals surface area contributed by atoms with Crippen LogP contribution in [0.3, 0.4) is 0 Å². The Balaban J connectivity index is 0.00000364. The number of hydrogen-bond acceptors (Lipinski definition) is 5. The van der Waals surface area contributed by atoms with Crippen molar-refractivity contribution in [2.24, 2.45) is 4.99 Å². The van der Waals surface area contributed by atoms with Gasteiger partial charge in [0.1, 0.15) is 10.8 Å². The SMILES string of the molecule is CCNC(=NCc1ncc(CC)s1)NCCNC(=O)c1ccc(O)cc1.I. The molecule has 0 aliphatic heterocycles. The van der Waals surface area contributed by atoms with Crippen LogP contribution in [0.2, 0.25) is 0 Å². The fourth-order valence-corrected chi connectivity index (χ4v) is 2.93. The summed E-state index contributed by atoms with van der Waals surface area (Å²) >= 11 is 1.68. The molecule has 0 spiro atoms. The molecule has 0 fully saturated rings. The highest BCUT2D eigenvalue weighted by Crippen LogP contribution is 2.14. The molecule has 0 radical (unpaired) electrons. The van der Waals surface area contributed by atoms with Crippen LogP contribution in [0, 0.1) is 0 Å². The Kier molecular flexibility index (Phi) is 10.7. The first kappa shape index (κ1) is 23.2. The molecule has 0 bridgehead atoms. The van der Waals surface area contributed by atoms with E-state index in [-0.39, 0.29) is 35.6 Å². The van der Waals surface area contributed by atoms with Gasteiger partial charge in [0.15, 0.2) is 5.96 Å². The van der Waals surface area contributed by atoms with Crippen molar-refractivity contribution < 1.29 is 9.90 Å². The number of hydrogen-bond donors (Lipinski definition) is 4. The maximum absolute atomic E-state index is 12.0. The third-order valence-corrected chi connectivity index (χ3v) is 4.63. The van der Waals surface area contributed by atoms with Crippen molar-refractivity contribution in [3.63, 3.8) is 0 Å². The number of phenols is 1. The second-order valence-corrected chi connectivity index (χ2v) is 6.70. The molecule has 0 saturated heterocycles. The van der Waals surface area contributed by atoms with Crippen molar-refractivity contribution in [3.05, 3.63) is 45.9 Å². The number of thiazole rings is 1. The summed E-state index contributed by atoms with van der Waals surface area (Å²) in [6, 6.07) is 6.15. The van der Waals surface area contributed by atoms with Crippen molar-refractivity contribution in [2.75, 3.05) is 19.6 Å². The zero-order valence-corrected chi connectivity index (χ0v) is 18.6. The van der Waals surface area contributed by atoms with Gasteiger partial charge in [0, 0.05) is 36.3 Å². The monoisotopic (exact) mass is 503 g/mol. The maximum atomic E-state index is 12.0. The highest BCUT2D eigenvalue weighted by Gasteiger charge is 2.05. The largest absolute Gasteiger partial charge is 0.508 e. The number of amides is 1. The number of phenolic OH excluding ortho intramolecular Hbond substituents is 1. The predicted octanol–water partition coefficient (Wildman–Crippen LogP) is 2.51. The number of carbonyl (C=O) groups excluding carboxylic acids is 1. The Bertz CT molecular complexity index is 734. The molecule has 0 aliphatic carbocycles. The minimum Gasteiger partial charge on any atom is -0.508 e. The summed E-state index contributed by atoms with van der Waals surface area (Å²) < 4.78 is 0. The van der Waals surface area contributed by atoms with E-state index in [0.29, 0.717) is 31.2 Å². The van der Waals surface area contributed by atoms with Gasteiger partial charge >= 0.3 is 0 Å². The third kappa shape index (κ3) is 8.12. The number of rotatable bonds is 8. The first-order valence-electron chi connectivity index (χ1n) is 8.65. The first-order chi connectivity index (χ1) is 12.6. The molecule has 0 saturated carbocycles. The van der Waals surface area contributed by atoms with E-state index in [1.54, 1.807) is 23.5 Å². The molecule has 27 heavy (non-hydrogen) atoms. The quantitative estimate of drug-likeness (QED) is 0.192. The summed E-state index contributed by atoms with van der Waals surface area (Å²) in [7, 11) is 0. The Morgan fingerprint density at radius 1 is 1.15 bits per heavy atom. The molecule has 0 atom stereocenters. The van der Waals surface area contributed by atoms with Gasteiger partial charge in [-0.15, -0.1) is 35.3 Å². The summed E-state index contributed by atoms with van der Waals surface area (Å²) in [5, 5.41) is 19.4. The summed E-state index contributed by atoms with van der Waals surface area (Å²) in [4.78, 5) is 22.1. The molecule has 4 N–H and O–H groups in total. The molecule has 0 unspecified atom stereocenters. The number of aliphatic imine (C=N–C) groups is 1. The zero-order valence-electron chi connectivity index (χ0n) is 15.5. The molecule has 1 amide bonds. The van der Waals surface area contributed by atoms with Crippen LogP contribution in [-0.4, -0.2) is 41.6 Å². The van der Waals surface area contributed by atoms with Crippen molar-refractivity contribution in [1.29, 1.82) is 0 Å². The van der Waals surface area contributed by atoms with Crippen LogP contribution >= 0.6 is 35.3 Å². The number of guanidine groups is 1. The van der Waals surface area contributed by atoms with Crippen molar-refractivity contribution in [3.8, 4) is 5.75 Å². The Morgan fingerprint density at radius 2 is 1.85 bits per heavy atom. The van der Waals surface area contributed by atoms with E-state index in [9.17, 15) is 9.90 Å². The van der Waals surface area contributed by atoms with Crippen LogP contribution < -0.4 is 16.0 Å². The lowest BCUT2D eigenvalue weighted by molar-refractivity contribution is 0.0954. The molecule has 1 aromatic carbocycles. The number of carbonyl (C=O) groups is 1. The van der Waals surface area contributed by atoms with Crippen LogP contribution in [0.1, 0.15) is 34.1 Å². The van der Waals surface area contributed by atoms with Crippen LogP contribution in [0.15, 0.2) is 35.5 Å². The average molecular weight is 503 g/mol. The van der Waals surface area contributed by atoms with Crippen molar-refractivity contribution >= 4 is 47.2 Å². The minimum absolute atomic E-state index is 0. The first-order valence-corrected chi connectivity index (χ1v) is 9.47. The van der Waals surface area contributed by atoms with E-state index in [2.05, 4.69) is 32.9 Å². The standard InChI is InChI=1S/C18H25N5O2S.HI/c1-3-15-11-22-16(26-15)12-23-18(19-4-2)21-10-9-20-17(25)13-5-7-14(24)8-6-13;/h5-8,11,24H,3-4,9-10,12H2,1-2H3,(H,20,25)(H2,19,21,23);1H. The minimum atomic E-state index is -0.177. The van der Waals surface area contributed by atoms with Gasteiger partial charge in [0.05, 0.1) is 6.54 Å². The molecule has 2 aromatic rings. The number of aromatic nitrogens is 1. The normalized spacial score (nSPS) is 10.8. The highest BCUT2D eigenvalue weighted by atomic mass is 127. The van der Waals surface area contributed by atoms with Gasteiger partial charge in [0.25, 0.3) is 5.91 Å². The van der Waals surface area contributed by atoms with Crippen LogP contribution in [-0.2, 0) is 13.0 Å². The molecule has 1 heterocycles. The predicted molar refractivity (Wildman–Crippen MR) is 120 cm³/mol. The lowest BCUT2D eigenvalue weighted by Crippen LogP contribution is -2.41. The number of halogens is 1. The van der Waals surface area contributed by atoms with Crippen LogP contribution in [0.25, 0.3) is 0 Å². The summed E-state index contributed by atoms with van der Waals surface area (Å²) in [5.41, 5.74) is 0.513. The second-order valence-electron chi connectivity index (χ2n) is 5.50.